The fourth-order valence-electron chi connectivity index (χ4n) is 0.559. The molecule has 0 radical (unpaired) electrons. The van der Waals surface area contributed by atoms with Crippen molar-refractivity contribution in [1.29, 1.82) is 0 Å². The van der Waals surface area contributed by atoms with Gasteiger partial charge in [-0.05, 0) is 13.8 Å². The molecule has 0 unspecified atom stereocenters. The van der Waals surface area contributed by atoms with Crippen molar-refractivity contribution in [2.45, 2.75) is 19.4 Å². The number of carboxylic acid groups (broad SMARTS) is 1. The van der Waals surface area contributed by atoms with Gasteiger partial charge in [0.2, 0.25) is 5.82 Å². The summed E-state index contributed by atoms with van der Waals surface area (Å²) in [7, 11) is 0. The number of hydrogen-bond acceptors (Lipinski definition) is 5. The maximum Gasteiger partial charge on any atom is 0.394 e. The molecule has 0 aromatic carbocycles. The summed E-state index contributed by atoms with van der Waals surface area (Å²) in [5, 5.41) is 21.0. The second-order valence-corrected chi connectivity index (χ2v) is 2.79. The largest absolute Gasteiger partial charge is 0.474 e. The first-order valence-corrected chi connectivity index (χ1v) is 3.21. The van der Waals surface area contributed by atoms with E-state index in [4.69, 9.17) is 5.11 Å². The van der Waals surface area contributed by atoms with Crippen LogP contribution in [0.1, 0.15) is 30.4 Å². The van der Waals surface area contributed by atoms with Gasteiger partial charge in [0.1, 0.15) is 5.60 Å². The third kappa shape index (κ3) is 1.59. The molecule has 1 aromatic rings. The van der Waals surface area contributed by atoms with Gasteiger partial charge in [0.05, 0.1) is 0 Å². The Morgan fingerprint density at radius 1 is 1.58 bits per heavy atom. The fourth-order valence-corrected chi connectivity index (χ4v) is 0.559. The van der Waals surface area contributed by atoms with Crippen molar-refractivity contribution in [2.75, 3.05) is 0 Å². The van der Waals surface area contributed by atoms with Crippen LogP contribution in [-0.2, 0) is 5.60 Å². The van der Waals surface area contributed by atoms with E-state index in [1.165, 1.54) is 13.8 Å². The van der Waals surface area contributed by atoms with E-state index in [2.05, 4.69) is 14.7 Å². The number of aromatic carboxylic acids is 1. The maximum atomic E-state index is 10.3. The monoisotopic (exact) mass is 172 g/mol. The SMILES string of the molecule is CC(C)(O)c1noc(C(=O)O)n1. The third-order valence-corrected chi connectivity index (χ3v) is 1.16. The molecule has 6 heteroatoms. The minimum atomic E-state index is -1.31. The molecule has 0 spiro atoms. The molecule has 0 aliphatic heterocycles. The molecule has 0 aliphatic carbocycles. The second-order valence-electron chi connectivity index (χ2n) is 2.79. The number of rotatable bonds is 2. The third-order valence-electron chi connectivity index (χ3n) is 1.16. The van der Waals surface area contributed by atoms with Crippen molar-refractivity contribution in [3.05, 3.63) is 11.7 Å². The molecular formula is C6H8N2O4. The zero-order chi connectivity index (χ0) is 9.35. The Balaban J connectivity index is 3.00. The van der Waals surface area contributed by atoms with Crippen LogP contribution in [0, 0.1) is 0 Å². The summed E-state index contributed by atoms with van der Waals surface area (Å²) in [5.74, 6) is -1.87. The lowest BCUT2D eigenvalue weighted by Gasteiger charge is -2.09. The van der Waals surface area contributed by atoms with Crippen molar-refractivity contribution in [3.63, 3.8) is 0 Å². The molecule has 1 heterocycles. The highest BCUT2D eigenvalue weighted by atomic mass is 16.5. The molecule has 12 heavy (non-hydrogen) atoms. The molecule has 2 N–H and O–H groups in total. The van der Waals surface area contributed by atoms with Gasteiger partial charge in [0.15, 0.2) is 0 Å². The van der Waals surface area contributed by atoms with E-state index in [0.717, 1.165) is 0 Å². The van der Waals surface area contributed by atoms with E-state index in [-0.39, 0.29) is 5.82 Å². The van der Waals surface area contributed by atoms with E-state index in [9.17, 15) is 9.90 Å². The van der Waals surface area contributed by atoms with E-state index >= 15 is 0 Å². The molecule has 0 amide bonds. The van der Waals surface area contributed by atoms with Gasteiger partial charge in [0, 0.05) is 0 Å². The summed E-state index contributed by atoms with van der Waals surface area (Å²) in [5.41, 5.74) is -1.28. The summed E-state index contributed by atoms with van der Waals surface area (Å²) in [6, 6.07) is 0. The topological polar surface area (TPSA) is 96.5 Å². The predicted molar refractivity (Wildman–Crippen MR) is 36.5 cm³/mol. The van der Waals surface area contributed by atoms with Gasteiger partial charge in [-0.15, -0.1) is 0 Å². The van der Waals surface area contributed by atoms with Crippen LogP contribution < -0.4 is 0 Å². The molecular weight excluding hydrogens is 164 g/mol. The summed E-state index contributed by atoms with van der Waals surface area (Å²) < 4.78 is 4.33. The number of aromatic nitrogens is 2. The van der Waals surface area contributed by atoms with Gasteiger partial charge in [-0.3, -0.25) is 0 Å². The number of carboxylic acids is 1. The fraction of sp³-hybridized carbons (Fsp3) is 0.500. The van der Waals surface area contributed by atoms with E-state index in [0.29, 0.717) is 0 Å². The highest BCUT2D eigenvalue weighted by Gasteiger charge is 2.25. The lowest BCUT2D eigenvalue weighted by atomic mass is 10.1. The van der Waals surface area contributed by atoms with Crippen LogP contribution >= 0.6 is 0 Å². The first-order chi connectivity index (χ1) is 5.41. The molecule has 0 bridgehead atoms. The van der Waals surface area contributed by atoms with Crippen molar-refractivity contribution >= 4 is 5.97 Å². The van der Waals surface area contributed by atoms with Gasteiger partial charge in [-0.25, -0.2) is 4.79 Å². The highest BCUT2D eigenvalue weighted by molar-refractivity contribution is 5.81. The van der Waals surface area contributed by atoms with Gasteiger partial charge in [-0.2, -0.15) is 4.98 Å². The maximum absolute atomic E-state index is 10.3. The molecule has 1 rings (SSSR count). The minimum Gasteiger partial charge on any atom is -0.474 e. The first kappa shape index (κ1) is 8.66. The molecule has 0 saturated carbocycles. The molecule has 0 aliphatic rings. The molecule has 6 nitrogen and oxygen atoms in total. The second kappa shape index (κ2) is 2.56. The zero-order valence-corrected chi connectivity index (χ0v) is 6.61. The smallest absolute Gasteiger partial charge is 0.394 e. The Morgan fingerprint density at radius 3 is 2.42 bits per heavy atom. The van der Waals surface area contributed by atoms with E-state index in [1.807, 2.05) is 0 Å². The van der Waals surface area contributed by atoms with Gasteiger partial charge in [-0.1, -0.05) is 5.16 Å². The molecule has 0 atom stereocenters. The van der Waals surface area contributed by atoms with Crippen LogP contribution in [0.15, 0.2) is 4.52 Å². The number of hydrogen-bond donors (Lipinski definition) is 2. The highest BCUT2D eigenvalue weighted by Crippen LogP contribution is 2.15. The zero-order valence-electron chi connectivity index (χ0n) is 6.61. The van der Waals surface area contributed by atoms with Gasteiger partial charge in [0.25, 0.3) is 0 Å². The molecule has 1 aromatic heterocycles. The standard InChI is InChI=1S/C6H8N2O4/c1-6(2,11)5-7-3(4(9)10)12-8-5/h11H,1-2H3,(H,9,10). The Hall–Kier alpha value is -1.43. The van der Waals surface area contributed by atoms with Gasteiger partial charge >= 0.3 is 11.9 Å². The minimum absolute atomic E-state index is 0.0418. The Kier molecular flexibility index (Phi) is 1.85. The van der Waals surface area contributed by atoms with Crippen LogP contribution in [0.3, 0.4) is 0 Å². The molecule has 0 fully saturated rings. The Morgan fingerprint density at radius 2 is 2.17 bits per heavy atom. The Bertz CT molecular complexity index is 299. The molecule has 66 valence electrons. The summed E-state index contributed by atoms with van der Waals surface area (Å²) >= 11 is 0. The number of carbonyl (C=O) groups is 1. The first-order valence-electron chi connectivity index (χ1n) is 3.21. The summed E-state index contributed by atoms with van der Waals surface area (Å²) in [6.07, 6.45) is 0. The normalized spacial score (nSPS) is 11.6. The van der Waals surface area contributed by atoms with E-state index < -0.39 is 17.5 Å². The van der Waals surface area contributed by atoms with Crippen molar-refractivity contribution < 1.29 is 19.5 Å². The van der Waals surface area contributed by atoms with Crippen LogP contribution in [0.5, 0.6) is 0 Å². The van der Waals surface area contributed by atoms with Crippen LogP contribution in [0.25, 0.3) is 0 Å². The van der Waals surface area contributed by atoms with Crippen molar-refractivity contribution in [1.82, 2.24) is 10.1 Å². The number of nitrogens with zero attached hydrogens (tertiary/aromatic N) is 2. The predicted octanol–water partition coefficient (Wildman–Crippen LogP) is -0.00480. The Labute approximate surface area is 67.8 Å². The summed E-state index contributed by atoms with van der Waals surface area (Å²) in [4.78, 5) is 13.7. The van der Waals surface area contributed by atoms with Crippen LogP contribution in [0.4, 0.5) is 0 Å². The average molecular weight is 172 g/mol. The quantitative estimate of drug-likeness (QED) is 0.651. The van der Waals surface area contributed by atoms with Crippen molar-refractivity contribution in [3.8, 4) is 0 Å². The van der Waals surface area contributed by atoms with Crippen LogP contribution in [0.2, 0.25) is 0 Å². The summed E-state index contributed by atoms with van der Waals surface area (Å²) in [6.45, 7) is 2.87. The average Bonchev–Trinajstić information content (AvgIpc) is 2.30. The van der Waals surface area contributed by atoms with Crippen LogP contribution in [-0.4, -0.2) is 26.3 Å². The van der Waals surface area contributed by atoms with E-state index in [1.54, 1.807) is 0 Å². The van der Waals surface area contributed by atoms with Gasteiger partial charge < -0.3 is 14.7 Å². The molecule has 0 saturated heterocycles. The number of aliphatic hydroxyl groups is 1. The van der Waals surface area contributed by atoms with Crippen molar-refractivity contribution in [2.24, 2.45) is 0 Å². The lowest BCUT2D eigenvalue weighted by molar-refractivity contribution is 0.0633. The lowest BCUT2D eigenvalue weighted by Crippen LogP contribution is -2.17.